The highest BCUT2D eigenvalue weighted by molar-refractivity contribution is 5.85. The van der Waals surface area contributed by atoms with Crippen LogP contribution in [-0.2, 0) is 20.7 Å². The smallest absolute Gasteiger partial charge is 0.418 e. The number of benzene rings is 1. The SMILES string of the molecule is CC(C)(CC(=O)C(N)Cc1ccc(O)cc1)O[C]=O. The minimum atomic E-state index is -0.897. The van der Waals surface area contributed by atoms with E-state index in [1.807, 2.05) is 0 Å². The number of ether oxygens (including phenoxy) is 1. The molecule has 1 radical (unpaired) electrons. The summed E-state index contributed by atoms with van der Waals surface area (Å²) in [6.07, 6.45) is 0.418. The molecule has 1 rings (SSSR count). The molecule has 0 aromatic heterocycles. The first kappa shape index (κ1) is 15.2. The van der Waals surface area contributed by atoms with Crippen molar-refractivity contribution in [3.8, 4) is 5.75 Å². The fourth-order valence-corrected chi connectivity index (χ4v) is 1.70. The lowest BCUT2D eigenvalue weighted by Crippen LogP contribution is -2.38. The maximum absolute atomic E-state index is 11.9. The van der Waals surface area contributed by atoms with Crippen molar-refractivity contribution in [2.75, 3.05) is 0 Å². The molecule has 3 N–H and O–H groups in total. The topological polar surface area (TPSA) is 89.6 Å². The molecule has 1 unspecified atom stereocenters. The molecule has 1 aromatic carbocycles. The molecule has 0 aliphatic carbocycles. The van der Waals surface area contributed by atoms with Crippen LogP contribution >= 0.6 is 0 Å². The number of rotatable bonds is 7. The number of hydrogen-bond acceptors (Lipinski definition) is 5. The molecule has 0 saturated carbocycles. The van der Waals surface area contributed by atoms with Crippen molar-refractivity contribution in [3.05, 3.63) is 29.8 Å². The van der Waals surface area contributed by atoms with Crippen LogP contribution in [0.2, 0.25) is 0 Å². The molecule has 0 aliphatic heterocycles. The van der Waals surface area contributed by atoms with Gasteiger partial charge < -0.3 is 15.6 Å². The van der Waals surface area contributed by atoms with Gasteiger partial charge in [0, 0.05) is 6.42 Å². The van der Waals surface area contributed by atoms with Crippen LogP contribution in [0.3, 0.4) is 0 Å². The van der Waals surface area contributed by atoms with Gasteiger partial charge >= 0.3 is 6.47 Å². The highest BCUT2D eigenvalue weighted by Gasteiger charge is 2.26. The van der Waals surface area contributed by atoms with Gasteiger partial charge in [-0.05, 0) is 38.0 Å². The van der Waals surface area contributed by atoms with Crippen molar-refractivity contribution in [1.82, 2.24) is 0 Å². The van der Waals surface area contributed by atoms with Crippen LogP contribution in [0, 0.1) is 0 Å². The number of aromatic hydroxyl groups is 1. The van der Waals surface area contributed by atoms with Crippen molar-refractivity contribution < 1.29 is 19.4 Å². The molecule has 0 spiro atoms. The Morgan fingerprint density at radius 1 is 1.42 bits per heavy atom. The van der Waals surface area contributed by atoms with E-state index in [4.69, 9.17) is 15.6 Å². The lowest BCUT2D eigenvalue weighted by Gasteiger charge is -2.22. The van der Waals surface area contributed by atoms with Crippen LogP contribution in [-0.4, -0.2) is 29.0 Å². The van der Waals surface area contributed by atoms with E-state index in [1.165, 1.54) is 6.47 Å². The summed E-state index contributed by atoms with van der Waals surface area (Å²) < 4.78 is 4.70. The van der Waals surface area contributed by atoms with Crippen LogP contribution in [0.25, 0.3) is 0 Å². The van der Waals surface area contributed by atoms with E-state index in [9.17, 15) is 9.59 Å². The lowest BCUT2D eigenvalue weighted by atomic mass is 9.94. The summed E-state index contributed by atoms with van der Waals surface area (Å²) in [5, 5.41) is 9.16. The summed E-state index contributed by atoms with van der Waals surface area (Å²) in [6.45, 7) is 4.59. The molecule has 5 nitrogen and oxygen atoms in total. The highest BCUT2D eigenvalue weighted by Crippen LogP contribution is 2.16. The average molecular weight is 264 g/mol. The first-order chi connectivity index (χ1) is 8.84. The van der Waals surface area contributed by atoms with E-state index in [0.717, 1.165) is 5.56 Å². The normalized spacial score (nSPS) is 12.8. The molecule has 5 heteroatoms. The van der Waals surface area contributed by atoms with Gasteiger partial charge in [-0.3, -0.25) is 4.79 Å². The highest BCUT2D eigenvalue weighted by atomic mass is 16.5. The van der Waals surface area contributed by atoms with E-state index in [-0.39, 0.29) is 18.0 Å². The largest absolute Gasteiger partial charge is 0.508 e. The monoisotopic (exact) mass is 264 g/mol. The molecular formula is C14H18NO4. The minimum absolute atomic E-state index is 0.0431. The third kappa shape index (κ3) is 5.09. The minimum Gasteiger partial charge on any atom is -0.508 e. The maximum Gasteiger partial charge on any atom is 0.418 e. The van der Waals surface area contributed by atoms with Gasteiger partial charge in [-0.15, -0.1) is 0 Å². The Hall–Kier alpha value is -1.88. The van der Waals surface area contributed by atoms with Gasteiger partial charge in [-0.25, -0.2) is 4.79 Å². The van der Waals surface area contributed by atoms with E-state index in [2.05, 4.69) is 0 Å². The number of hydrogen-bond donors (Lipinski definition) is 2. The van der Waals surface area contributed by atoms with Crippen molar-refractivity contribution >= 4 is 12.3 Å². The fraction of sp³-hybridized carbons (Fsp3) is 0.429. The Morgan fingerprint density at radius 2 is 2.00 bits per heavy atom. The molecule has 0 fully saturated rings. The molecular weight excluding hydrogens is 246 g/mol. The quantitative estimate of drug-likeness (QED) is 0.769. The van der Waals surface area contributed by atoms with E-state index in [0.29, 0.717) is 6.42 Å². The van der Waals surface area contributed by atoms with E-state index < -0.39 is 11.6 Å². The number of nitrogens with two attached hydrogens (primary N) is 1. The van der Waals surface area contributed by atoms with Crippen LogP contribution in [0.1, 0.15) is 25.8 Å². The predicted octanol–water partition coefficient (Wildman–Crippen LogP) is 1.08. The third-order valence-corrected chi connectivity index (χ3v) is 2.72. The van der Waals surface area contributed by atoms with Crippen molar-refractivity contribution in [2.45, 2.75) is 38.3 Å². The number of phenolic OH excluding ortho intramolecular Hbond substituents is 1. The average Bonchev–Trinajstić information content (AvgIpc) is 2.31. The van der Waals surface area contributed by atoms with Gasteiger partial charge in [0.2, 0.25) is 0 Å². The fourth-order valence-electron chi connectivity index (χ4n) is 1.70. The Labute approximate surface area is 112 Å². The van der Waals surface area contributed by atoms with Crippen molar-refractivity contribution in [2.24, 2.45) is 5.73 Å². The molecule has 0 bridgehead atoms. The zero-order valence-electron chi connectivity index (χ0n) is 11.1. The molecule has 1 aromatic rings. The Balaban J connectivity index is 2.57. The second-order valence-electron chi connectivity index (χ2n) is 5.07. The number of carbonyl (C=O) groups is 1. The predicted molar refractivity (Wildman–Crippen MR) is 70.3 cm³/mol. The molecule has 0 saturated heterocycles. The summed E-state index contributed by atoms with van der Waals surface area (Å²) in [5.41, 5.74) is 5.79. The second kappa shape index (κ2) is 6.33. The van der Waals surface area contributed by atoms with Crippen LogP contribution in [0.4, 0.5) is 0 Å². The third-order valence-electron chi connectivity index (χ3n) is 2.72. The standard InChI is InChI=1S/C14H18NO4/c1-14(2,19-9-16)8-13(18)12(15)7-10-3-5-11(17)6-4-10/h3-6,12,17H,7-8,15H2,1-2H3. The number of Topliss-reactive ketones (excluding diaryl/α,β-unsaturated/α-hetero) is 1. The Kier molecular flexibility index (Phi) is 5.06. The summed E-state index contributed by atoms with van der Waals surface area (Å²) in [4.78, 5) is 22.1. The van der Waals surface area contributed by atoms with Gasteiger partial charge in [0.05, 0.1) is 6.04 Å². The lowest BCUT2D eigenvalue weighted by molar-refractivity contribution is -0.123. The van der Waals surface area contributed by atoms with Gasteiger partial charge in [-0.2, -0.15) is 0 Å². The molecule has 0 aliphatic rings. The molecule has 19 heavy (non-hydrogen) atoms. The first-order valence-corrected chi connectivity index (χ1v) is 5.95. The van der Waals surface area contributed by atoms with Gasteiger partial charge in [0.25, 0.3) is 0 Å². The number of ketones is 1. The van der Waals surface area contributed by atoms with Crippen LogP contribution in [0.5, 0.6) is 5.75 Å². The van der Waals surface area contributed by atoms with Crippen molar-refractivity contribution in [1.29, 1.82) is 0 Å². The maximum atomic E-state index is 11.9. The zero-order chi connectivity index (χ0) is 14.5. The molecule has 0 heterocycles. The summed E-state index contributed by atoms with van der Waals surface area (Å²) >= 11 is 0. The summed E-state index contributed by atoms with van der Waals surface area (Å²) in [5.74, 6) is -0.0203. The Morgan fingerprint density at radius 3 is 2.53 bits per heavy atom. The number of carbonyl (C=O) groups excluding carboxylic acids is 2. The first-order valence-electron chi connectivity index (χ1n) is 5.95. The van der Waals surface area contributed by atoms with E-state index in [1.54, 1.807) is 38.1 Å². The van der Waals surface area contributed by atoms with Crippen LogP contribution < -0.4 is 5.73 Å². The Bertz CT molecular complexity index is 439. The van der Waals surface area contributed by atoms with E-state index >= 15 is 0 Å². The molecule has 103 valence electrons. The second-order valence-corrected chi connectivity index (χ2v) is 5.07. The zero-order valence-corrected chi connectivity index (χ0v) is 11.1. The van der Waals surface area contributed by atoms with Gasteiger partial charge in [0.1, 0.15) is 11.4 Å². The van der Waals surface area contributed by atoms with Crippen molar-refractivity contribution in [3.63, 3.8) is 0 Å². The molecule has 1 atom stereocenters. The summed E-state index contributed by atoms with van der Waals surface area (Å²) in [6, 6.07) is 5.84. The summed E-state index contributed by atoms with van der Waals surface area (Å²) in [7, 11) is 0. The van der Waals surface area contributed by atoms with Gasteiger partial charge in [-0.1, -0.05) is 12.1 Å². The number of phenols is 1. The molecule has 0 amide bonds. The van der Waals surface area contributed by atoms with Gasteiger partial charge in [0.15, 0.2) is 5.78 Å². The van der Waals surface area contributed by atoms with Crippen LogP contribution in [0.15, 0.2) is 24.3 Å².